The molecule has 0 spiro atoms. The second kappa shape index (κ2) is 3.66. The van der Waals surface area contributed by atoms with Crippen LogP contribution in [0.4, 0.5) is 8.78 Å². The molecule has 1 atom stereocenters. The molecule has 0 aromatic rings. The fourth-order valence-electron chi connectivity index (χ4n) is 1.07. The van der Waals surface area contributed by atoms with Crippen LogP contribution in [0.3, 0.4) is 0 Å². The third-order valence-electron chi connectivity index (χ3n) is 1.86. The Bertz CT molecular complexity index is 146. The minimum atomic E-state index is -2.52. The van der Waals surface area contributed by atoms with Gasteiger partial charge in [-0.15, -0.1) is 0 Å². The first-order valence-electron chi connectivity index (χ1n) is 3.83. The van der Waals surface area contributed by atoms with Crippen molar-refractivity contribution < 1.29 is 13.5 Å². The van der Waals surface area contributed by atoms with Gasteiger partial charge in [-0.3, -0.25) is 0 Å². The number of nitrogens with two attached hydrogens (primary N) is 1. The zero-order chi connectivity index (χ0) is 9.99. The van der Waals surface area contributed by atoms with Crippen molar-refractivity contribution in [1.29, 1.82) is 0 Å². The predicted molar refractivity (Wildman–Crippen MR) is 44.3 cm³/mol. The molecule has 0 aliphatic heterocycles. The zero-order valence-corrected chi connectivity index (χ0v) is 8.03. The molecule has 2 N–H and O–H groups in total. The van der Waals surface area contributed by atoms with Gasteiger partial charge in [0.15, 0.2) is 0 Å². The third-order valence-corrected chi connectivity index (χ3v) is 1.86. The molecule has 0 fully saturated rings. The van der Waals surface area contributed by atoms with Crippen LogP contribution in [-0.2, 0) is 4.74 Å². The molecule has 0 aliphatic rings. The molecule has 0 rings (SSSR count). The van der Waals surface area contributed by atoms with Gasteiger partial charge >= 0.3 is 0 Å². The Morgan fingerprint density at radius 3 is 2.00 bits per heavy atom. The molecule has 2 nitrogen and oxygen atoms in total. The average molecular weight is 181 g/mol. The van der Waals surface area contributed by atoms with Crippen molar-refractivity contribution in [1.82, 2.24) is 0 Å². The van der Waals surface area contributed by atoms with Gasteiger partial charge in [-0.2, -0.15) is 0 Å². The van der Waals surface area contributed by atoms with Crippen LogP contribution in [0.15, 0.2) is 0 Å². The zero-order valence-electron chi connectivity index (χ0n) is 8.03. The van der Waals surface area contributed by atoms with E-state index in [1.54, 1.807) is 13.8 Å². The summed E-state index contributed by atoms with van der Waals surface area (Å²) in [5.41, 5.74) is 3.32. The Balaban J connectivity index is 4.23. The summed E-state index contributed by atoms with van der Waals surface area (Å²) in [6.45, 7) is 4.80. The van der Waals surface area contributed by atoms with Crippen LogP contribution in [0.5, 0.6) is 0 Å². The highest BCUT2D eigenvalue weighted by Gasteiger charge is 2.36. The lowest BCUT2D eigenvalue weighted by Crippen LogP contribution is -2.49. The summed E-state index contributed by atoms with van der Waals surface area (Å²) in [5.74, 6) is 0. The quantitative estimate of drug-likeness (QED) is 0.717. The first kappa shape index (κ1) is 11.8. The largest absolute Gasteiger partial charge is 0.379 e. The number of halogens is 2. The summed E-state index contributed by atoms with van der Waals surface area (Å²) in [5, 5.41) is 0. The lowest BCUT2D eigenvalue weighted by atomic mass is 9.89. The SMILES string of the molecule is COC(C)(C)CC(C)(N)C(F)F. The standard InChI is InChI=1S/C8H17F2NO/c1-7(2,12-4)5-8(3,11)6(9)10/h6H,5,11H2,1-4H3. The molecule has 0 aromatic heterocycles. The normalized spacial score (nSPS) is 18.0. The molecular formula is C8H17F2NO. The number of hydrogen-bond acceptors (Lipinski definition) is 2. The topological polar surface area (TPSA) is 35.2 Å². The van der Waals surface area contributed by atoms with Gasteiger partial charge in [-0.05, 0) is 27.2 Å². The summed E-state index contributed by atoms with van der Waals surface area (Å²) in [6, 6.07) is 0. The molecule has 0 aliphatic carbocycles. The molecule has 0 amide bonds. The third kappa shape index (κ3) is 3.45. The highest BCUT2D eigenvalue weighted by Crippen LogP contribution is 2.25. The summed E-state index contributed by atoms with van der Waals surface area (Å²) >= 11 is 0. The maximum Gasteiger partial charge on any atom is 0.256 e. The van der Waals surface area contributed by atoms with Gasteiger partial charge in [0, 0.05) is 7.11 Å². The van der Waals surface area contributed by atoms with Gasteiger partial charge in [0.2, 0.25) is 0 Å². The van der Waals surface area contributed by atoms with E-state index in [9.17, 15) is 8.78 Å². The highest BCUT2D eigenvalue weighted by molar-refractivity contribution is 4.88. The van der Waals surface area contributed by atoms with Crippen molar-refractivity contribution >= 4 is 0 Å². The molecule has 0 heterocycles. The Labute approximate surface area is 72.1 Å². The summed E-state index contributed by atoms with van der Waals surface area (Å²) in [7, 11) is 1.49. The van der Waals surface area contributed by atoms with Crippen LogP contribution in [-0.4, -0.2) is 24.7 Å². The van der Waals surface area contributed by atoms with E-state index >= 15 is 0 Å². The van der Waals surface area contributed by atoms with Crippen molar-refractivity contribution in [3.63, 3.8) is 0 Å². The van der Waals surface area contributed by atoms with Crippen LogP contribution < -0.4 is 5.73 Å². The predicted octanol–water partition coefficient (Wildman–Crippen LogP) is 1.78. The Kier molecular flexibility index (Phi) is 3.59. The van der Waals surface area contributed by atoms with Gasteiger partial charge in [0.05, 0.1) is 11.1 Å². The van der Waals surface area contributed by atoms with E-state index in [-0.39, 0.29) is 6.42 Å². The van der Waals surface area contributed by atoms with Crippen molar-refractivity contribution in [2.24, 2.45) is 5.73 Å². The number of methoxy groups -OCH3 is 1. The summed E-state index contributed by atoms with van der Waals surface area (Å²) in [6.07, 6.45) is -2.39. The van der Waals surface area contributed by atoms with Crippen LogP contribution in [0.1, 0.15) is 27.2 Å². The van der Waals surface area contributed by atoms with Crippen molar-refractivity contribution in [3.05, 3.63) is 0 Å². The molecule has 0 saturated carbocycles. The summed E-state index contributed by atoms with van der Waals surface area (Å²) in [4.78, 5) is 0. The van der Waals surface area contributed by atoms with Crippen LogP contribution in [0.25, 0.3) is 0 Å². The van der Waals surface area contributed by atoms with Crippen molar-refractivity contribution in [3.8, 4) is 0 Å². The van der Waals surface area contributed by atoms with Gasteiger partial charge in [0.25, 0.3) is 6.43 Å². The number of rotatable bonds is 4. The maximum atomic E-state index is 12.3. The number of ether oxygens (including phenoxy) is 1. The van der Waals surface area contributed by atoms with Gasteiger partial charge in [0.1, 0.15) is 0 Å². The molecule has 0 bridgehead atoms. The highest BCUT2D eigenvalue weighted by atomic mass is 19.3. The minimum Gasteiger partial charge on any atom is -0.379 e. The van der Waals surface area contributed by atoms with Crippen LogP contribution in [0, 0.1) is 0 Å². The Morgan fingerprint density at radius 1 is 1.33 bits per heavy atom. The van der Waals surface area contributed by atoms with Crippen LogP contribution >= 0.6 is 0 Å². The van der Waals surface area contributed by atoms with E-state index in [1.807, 2.05) is 0 Å². The second-order valence-corrected chi connectivity index (χ2v) is 3.95. The van der Waals surface area contributed by atoms with Crippen molar-refractivity contribution in [2.45, 2.75) is 44.8 Å². The first-order chi connectivity index (χ1) is 5.21. The van der Waals surface area contributed by atoms with E-state index in [0.717, 1.165) is 0 Å². The Hall–Kier alpha value is -0.220. The molecule has 0 radical (unpaired) electrons. The van der Waals surface area contributed by atoms with E-state index in [1.165, 1.54) is 14.0 Å². The van der Waals surface area contributed by atoms with Gasteiger partial charge in [-0.1, -0.05) is 0 Å². The fraction of sp³-hybridized carbons (Fsp3) is 1.00. The smallest absolute Gasteiger partial charge is 0.256 e. The Morgan fingerprint density at radius 2 is 1.75 bits per heavy atom. The van der Waals surface area contributed by atoms with E-state index < -0.39 is 17.6 Å². The maximum absolute atomic E-state index is 12.3. The molecule has 12 heavy (non-hydrogen) atoms. The molecule has 1 unspecified atom stereocenters. The molecular weight excluding hydrogens is 164 g/mol. The molecule has 0 saturated heterocycles. The first-order valence-corrected chi connectivity index (χ1v) is 3.83. The number of hydrogen-bond donors (Lipinski definition) is 1. The monoisotopic (exact) mass is 181 g/mol. The van der Waals surface area contributed by atoms with E-state index in [0.29, 0.717) is 0 Å². The minimum absolute atomic E-state index is 0.133. The average Bonchev–Trinajstić information content (AvgIpc) is 1.85. The fourth-order valence-corrected chi connectivity index (χ4v) is 1.07. The molecule has 74 valence electrons. The van der Waals surface area contributed by atoms with E-state index in [4.69, 9.17) is 10.5 Å². The lowest BCUT2D eigenvalue weighted by Gasteiger charge is -2.33. The van der Waals surface area contributed by atoms with Crippen LogP contribution in [0.2, 0.25) is 0 Å². The lowest BCUT2D eigenvalue weighted by molar-refractivity contribution is -0.0353. The van der Waals surface area contributed by atoms with Crippen molar-refractivity contribution in [2.75, 3.05) is 7.11 Å². The second-order valence-electron chi connectivity index (χ2n) is 3.95. The molecule has 0 aromatic carbocycles. The summed E-state index contributed by atoms with van der Waals surface area (Å²) < 4.78 is 29.6. The van der Waals surface area contributed by atoms with Gasteiger partial charge in [-0.25, -0.2) is 8.78 Å². The van der Waals surface area contributed by atoms with E-state index in [2.05, 4.69) is 0 Å². The van der Waals surface area contributed by atoms with Gasteiger partial charge < -0.3 is 10.5 Å². The number of alkyl halides is 2. The molecule has 4 heteroatoms.